The average molecular weight is 317 g/mol. The molecule has 0 saturated heterocycles. The Balaban J connectivity index is 2.23. The molecule has 2 N–H and O–H groups in total. The Labute approximate surface area is 118 Å². The molecule has 0 aliphatic rings. The van der Waals surface area contributed by atoms with Gasteiger partial charge in [-0.05, 0) is 36.4 Å². The lowest BCUT2D eigenvalue weighted by Gasteiger charge is -2.07. The van der Waals surface area contributed by atoms with Crippen LogP contribution in [0.25, 0.3) is 0 Å². The van der Waals surface area contributed by atoms with E-state index in [1.807, 2.05) is 6.07 Å². The van der Waals surface area contributed by atoms with Gasteiger partial charge >= 0.3 is 0 Å². The van der Waals surface area contributed by atoms with Crippen LogP contribution in [-0.2, 0) is 0 Å². The van der Waals surface area contributed by atoms with Crippen LogP contribution in [0.3, 0.4) is 0 Å². The molecule has 4 nitrogen and oxygen atoms in total. The number of aromatic hydroxyl groups is 1. The lowest BCUT2D eigenvalue weighted by molar-refractivity contribution is 0.102. The molecule has 0 bridgehead atoms. The fourth-order valence-electron chi connectivity index (χ4n) is 1.56. The highest BCUT2D eigenvalue weighted by Crippen LogP contribution is 2.23. The number of benzene rings is 2. The largest absolute Gasteiger partial charge is 0.507 e. The van der Waals surface area contributed by atoms with Crippen molar-refractivity contribution in [1.29, 1.82) is 5.26 Å². The third kappa shape index (κ3) is 3.12. The van der Waals surface area contributed by atoms with E-state index >= 15 is 0 Å². The summed E-state index contributed by atoms with van der Waals surface area (Å²) in [7, 11) is 0. The van der Waals surface area contributed by atoms with Crippen molar-refractivity contribution < 1.29 is 9.90 Å². The molecule has 0 radical (unpaired) electrons. The van der Waals surface area contributed by atoms with Gasteiger partial charge in [0.05, 0.1) is 17.2 Å². The van der Waals surface area contributed by atoms with Gasteiger partial charge in [0.1, 0.15) is 5.75 Å². The summed E-state index contributed by atoms with van der Waals surface area (Å²) in [5.74, 6) is -0.539. The number of amides is 1. The fraction of sp³-hybridized carbons (Fsp3) is 0. The van der Waals surface area contributed by atoms with Gasteiger partial charge in [-0.15, -0.1) is 0 Å². The maximum absolute atomic E-state index is 12.0. The van der Waals surface area contributed by atoms with Gasteiger partial charge in [0.2, 0.25) is 0 Å². The summed E-state index contributed by atoms with van der Waals surface area (Å²) in [6.45, 7) is 0. The van der Waals surface area contributed by atoms with Gasteiger partial charge in [-0.2, -0.15) is 5.26 Å². The molecule has 19 heavy (non-hydrogen) atoms. The number of rotatable bonds is 2. The Kier molecular flexibility index (Phi) is 3.83. The van der Waals surface area contributed by atoms with E-state index in [0.29, 0.717) is 15.7 Å². The van der Waals surface area contributed by atoms with Crippen LogP contribution < -0.4 is 5.32 Å². The molecular formula is C14H9BrN2O2. The summed E-state index contributed by atoms with van der Waals surface area (Å²) in [6.07, 6.45) is 0. The maximum atomic E-state index is 12.0. The first-order chi connectivity index (χ1) is 9.10. The quantitative estimate of drug-likeness (QED) is 0.893. The number of carbonyl (C=O) groups is 1. The number of nitrogens with one attached hydrogen (secondary N) is 1. The van der Waals surface area contributed by atoms with Crippen molar-refractivity contribution in [2.24, 2.45) is 0 Å². The predicted molar refractivity (Wildman–Crippen MR) is 74.9 cm³/mol. The number of phenolic OH excluding ortho intramolecular Hbond substituents is 1. The zero-order valence-electron chi connectivity index (χ0n) is 9.72. The molecule has 0 aliphatic heterocycles. The number of hydrogen-bond donors (Lipinski definition) is 2. The first kappa shape index (κ1) is 13.1. The Hall–Kier alpha value is -2.32. The highest BCUT2D eigenvalue weighted by atomic mass is 79.9. The third-order valence-electron chi connectivity index (χ3n) is 2.45. The van der Waals surface area contributed by atoms with E-state index in [1.165, 1.54) is 12.1 Å². The van der Waals surface area contributed by atoms with Gasteiger partial charge in [0, 0.05) is 10.2 Å². The Morgan fingerprint density at radius 2 is 2.05 bits per heavy atom. The van der Waals surface area contributed by atoms with Crippen LogP contribution in [0.2, 0.25) is 0 Å². The van der Waals surface area contributed by atoms with Crippen LogP contribution >= 0.6 is 15.9 Å². The Morgan fingerprint density at radius 1 is 1.26 bits per heavy atom. The van der Waals surface area contributed by atoms with E-state index in [0.717, 1.165) is 0 Å². The summed E-state index contributed by atoms with van der Waals surface area (Å²) >= 11 is 3.20. The lowest BCUT2D eigenvalue weighted by Crippen LogP contribution is -2.12. The second kappa shape index (κ2) is 5.55. The average Bonchev–Trinajstić information content (AvgIpc) is 2.38. The molecule has 2 rings (SSSR count). The standard InChI is InChI=1S/C14H9BrN2O2/c15-10-4-5-12(13(18)7-10)14(19)17-11-3-1-2-9(6-11)8-16/h1-7,18H,(H,17,19). The van der Waals surface area contributed by atoms with E-state index in [9.17, 15) is 9.90 Å². The van der Waals surface area contributed by atoms with Crippen LogP contribution in [0.4, 0.5) is 5.69 Å². The number of halogens is 1. The predicted octanol–water partition coefficient (Wildman–Crippen LogP) is 3.28. The minimum atomic E-state index is -0.430. The van der Waals surface area contributed by atoms with Gasteiger partial charge in [-0.3, -0.25) is 4.79 Å². The number of anilines is 1. The van der Waals surface area contributed by atoms with Crippen molar-refractivity contribution in [3.8, 4) is 11.8 Å². The summed E-state index contributed by atoms with van der Waals surface area (Å²) in [6, 6.07) is 13.2. The second-order valence-electron chi connectivity index (χ2n) is 3.81. The molecule has 1 amide bonds. The molecule has 94 valence electrons. The monoisotopic (exact) mass is 316 g/mol. The molecule has 0 heterocycles. The lowest BCUT2D eigenvalue weighted by atomic mass is 10.1. The highest BCUT2D eigenvalue weighted by Gasteiger charge is 2.11. The molecule has 2 aromatic rings. The number of nitrogens with zero attached hydrogens (tertiary/aromatic N) is 1. The first-order valence-electron chi connectivity index (χ1n) is 5.40. The van der Waals surface area contributed by atoms with E-state index in [2.05, 4.69) is 21.2 Å². The minimum Gasteiger partial charge on any atom is -0.507 e. The normalized spacial score (nSPS) is 9.68. The molecule has 5 heteroatoms. The topological polar surface area (TPSA) is 73.1 Å². The fourth-order valence-corrected chi connectivity index (χ4v) is 1.91. The molecule has 0 fully saturated rings. The van der Waals surface area contributed by atoms with Crippen LogP contribution in [0.1, 0.15) is 15.9 Å². The zero-order valence-corrected chi connectivity index (χ0v) is 11.3. The molecule has 0 unspecified atom stereocenters. The number of nitriles is 1. The van der Waals surface area contributed by atoms with Crippen molar-refractivity contribution in [2.45, 2.75) is 0 Å². The van der Waals surface area contributed by atoms with Crippen molar-refractivity contribution >= 4 is 27.5 Å². The minimum absolute atomic E-state index is 0.108. The molecule has 0 atom stereocenters. The third-order valence-corrected chi connectivity index (χ3v) is 2.95. The van der Waals surface area contributed by atoms with E-state index in [-0.39, 0.29) is 11.3 Å². The highest BCUT2D eigenvalue weighted by molar-refractivity contribution is 9.10. The van der Waals surface area contributed by atoms with Crippen LogP contribution in [0, 0.1) is 11.3 Å². The van der Waals surface area contributed by atoms with Gasteiger partial charge in [0.15, 0.2) is 0 Å². The summed E-state index contributed by atoms with van der Waals surface area (Å²) < 4.78 is 0.688. The molecule has 0 saturated carbocycles. The number of phenols is 1. The van der Waals surface area contributed by atoms with E-state index in [4.69, 9.17) is 5.26 Å². The van der Waals surface area contributed by atoms with Gasteiger partial charge in [-0.1, -0.05) is 22.0 Å². The van der Waals surface area contributed by atoms with Gasteiger partial charge < -0.3 is 10.4 Å². The van der Waals surface area contributed by atoms with Crippen LogP contribution in [0.15, 0.2) is 46.9 Å². The van der Waals surface area contributed by atoms with Crippen LogP contribution in [0.5, 0.6) is 5.75 Å². The number of carbonyl (C=O) groups excluding carboxylic acids is 1. The van der Waals surface area contributed by atoms with Crippen molar-refractivity contribution in [3.05, 3.63) is 58.1 Å². The SMILES string of the molecule is N#Cc1cccc(NC(=O)c2ccc(Br)cc2O)c1. The molecule has 0 aliphatic carbocycles. The summed E-state index contributed by atoms with van der Waals surface area (Å²) in [5.41, 5.74) is 1.13. The van der Waals surface area contributed by atoms with Gasteiger partial charge in [-0.25, -0.2) is 0 Å². The van der Waals surface area contributed by atoms with Crippen molar-refractivity contribution in [2.75, 3.05) is 5.32 Å². The zero-order chi connectivity index (χ0) is 13.8. The van der Waals surface area contributed by atoms with Crippen molar-refractivity contribution in [3.63, 3.8) is 0 Å². The molecule has 0 aromatic heterocycles. The maximum Gasteiger partial charge on any atom is 0.259 e. The summed E-state index contributed by atoms with van der Waals surface area (Å²) in [4.78, 5) is 12.0. The smallest absolute Gasteiger partial charge is 0.259 e. The Bertz CT molecular complexity index is 677. The van der Waals surface area contributed by atoms with Gasteiger partial charge in [0.25, 0.3) is 5.91 Å². The Morgan fingerprint density at radius 3 is 2.74 bits per heavy atom. The second-order valence-corrected chi connectivity index (χ2v) is 4.72. The summed E-state index contributed by atoms with van der Waals surface area (Å²) in [5, 5.41) is 21.1. The molecule has 0 spiro atoms. The molecular weight excluding hydrogens is 308 g/mol. The van der Waals surface area contributed by atoms with Crippen molar-refractivity contribution in [1.82, 2.24) is 0 Å². The number of hydrogen-bond acceptors (Lipinski definition) is 3. The molecule has 2 aromatic carbocycles. The van der Waals surface area contributed by atoms with Crippen LogP contribution in [-0.4, -0.2) is 11.0 Å². The van der Waals surface area contributed by atoms with E-state index < -0.39 is 5.91 Å². The first-order valence-corrected chi connectivity index (χ1v) is 6.19. The van der Waals surface area contributed by atoms with E-state index in [1.54, 1.807) is 30.3 Å².